The van der Waals surface area contributed by atoms with Crippen LogP contribution >= 0.6 is 12.2 Å². The SMILES string of the molecule is CNC(=S)Nc1nc(C)cc(N2CCCCC2)n1. The molecule has 2 N–H and O–H groups in total. The van der Waals surface area contributed by atoms with E-state index in [1.807, 2.05) is 13.0 Å². The quantitative estimate of drug-likeness (QED) is 0.794. The molecule has 0 aliphatic carbocycles. The maximum Gasteiger partial charge on any atom is 0.231 e. The number of rotatable bonds is 2. The Kier molecular flexibility index (Phi) is 4.30. The molecule has 18 heavy (non-hydrogen) atoms. The molecule has 1 aliphatic rings. The van der Waals surface area contributed by atoms with Crippen molar-refractivity contribution < 1.29 is 0 Å². The van der Waals surface area contributed by atoms with E-state index in [9.17, 15) is 0 Å². The van der Waals surface area contributed by atoms with Crippen molar-refractivity contribution in [2.45, 2.75) is 26.2 Å². The van der Waals surface area contributed by atoms with Crippen LogP contribution in [-0.2, 0) is 0 Å². The van der Waals surface area contributed by atoms with Gasteiger partial charge in [-0.3, -0.25) is 0 Å². The first-order valence-corrected chi connectivity index (χ1v) is 6.69. The van der Waals surface area contributed by atoms with E-state index in [1.165, 1.54) is 19.3 Å². The van der Waals surface area contributed by atoms with Crippen molar-refractivity contribution in [1.29, 1.82) is 0 Å². The van der Waals surface area contributed by atoms with E-state index in [4.69, 9.17) is 12.2 Å². The minimum absolute atomic E-state index is 0.533. The van der Waals surface area contributed by atoms with Crippen molar-refractivity contribution in [2.75, 3.05) is 30.4 Å². The molecule has 1 fully saturated rings. The summed E-state index contributed by atoms with van der Waals surface area (Å²) < 4.78 is 0. The van der Waals surface area contributed by atoms with E-state index < -0.39 is 0 Å². The third-order valence-electron chi connectivity index (χ3n) is 2.97. The summed E-state index contributed by atoms with van der Waals surface area (Å²) in [6.07, 6.45) is 3.79. The highest BCUT2D eigenvalue weighted by Crippen LogP contribution is 2.19. The fourth-order valence-corrected chi connectivity index (χ4v) is 2.15. The molecule has 2 rings (SSSR count). The molecular weight excluding hydrogens is 246 g/mol. The van der Waals surface area contributed by atoms with Crippen LogP contribution in [0.25, 0.3) is 0 Å². The average Bonchev–Trinajstić information content (AvgIpc) is 2.39. The van der Waals surface area contributed by atoms with Crippen LogP contribution in [-0.4, -0.2) is 35.2 Å². The van der Waals surface area contributed by atoms with Crippen molar-refractivity contribution in [3.05, 3.63) is 11.8 Å². The van der Waals surface area contributed by atoms with E-state index in [-0.39, 0.29) is 0 Å². The molecule has 1 saturated heterocycles. The Balaban J connectivity index is 2.17. The zero-order chi connectivity index (χ0) is 13.0. The third-order valence-corrected chi connectivity index (χ3v) is 3.28. The summed E-state index contributed by atoms with van der Waals surface area (Å²) in [4.78, 5) is 11.2. The summed E-state index contributed by atoms with van der Waals surface area (Å²) in [7, 11) is 1.77. The first-order valence-electron chi connectivity index (χ1n) is 6.28. The van der Waals surface area contributed by atoms with E-state index in [2.05, 4.69) is 25.5 Å². The molecule has 1 aromatic heterocycles. The van der Waals surface area contributed by atoms with Gasteiger partial charge < -0.3 is 15.5 Å². The second-order valence-corrected chi connectivity index (χ2v) is 4.85. The van der Waals surface area contributed by atoms with Gasteiger partial charge in [0.05, 0.1) is 0 Å². The Hall–Kier alpha value is -1.43. The molecule has 0 atom stereocenters. The van der Waals surface area contributed by atoms with E-state index in [1.54, 1.807) is 7.05 Å². The molecule has 0 spiro atoms. The number of hydrogen-bond acceptors (Lipinski definition) is 4. The predicted octanol–water partition coefficient (Wildman–Crippen LogP) is 1.69. The van der Waals surface area contributed by atoms with Crippen LogP contribution in [0.2, 0.25) is 0 Å². The van der Waals surface area contributed by atoms with E-state index in [0.717, 1.165) is 24.6 Å². The zero-order valence-corrected chi connectivity index (χ0v) is 11.7. The molecular formula is C12H19N5S. The molecule has 0 radical (unpaired) electrons. The molecule has 1 aromatic rings. The first kappa shape index (κ1) is 13.0. The number of aryl methyl sites for hydroxylation is 1. The Labute approximate surface area is 113 Å². The largest absolute Gasteiger partial charge is 0.365 e. The number of thiocarbonyl (C=S) groups is 1. The van der Waals surface area contributed by atoms with Gasteiger partial charge in [0.25, 0.3) is 0 Å². The fraction of sp³-hybridized carbons (Fsp3) is 0.583. The molecule has 0 amide bonds. The van der Waals surface area contributed by atoms with Gasteiger partial charge in [0.2, 0.25) is 5.95 Å². The van der Waals surface area contributed by atoms with Crippen LogP contribution < -0.4 is 15.5 Å². The zero-order valence-electron chi connectivity index (χ0n) is 10.9. The summed E-state index contributed by atoms with van der Waals surface area (Å²) in [6, 6.07) is 2.03. The lowest BCUT2D eigenvalue weighted by molar-refractivity contribution is 0.573. The lowest BCUT2D eigenvalue weighted by Gasteiger charge is -2.28. The van der Waals surface area contributed by atoms with Gasteiger partial charge in [-0.05, 0) is 38.4 Å². The van der Waals surface area contributed by atoms with Gasteiger partial charge in [-0.1, -0.05) is 0 Å². The Morgan fingerprint density at radius 3 is 2.67 bits per heavy atom. The van der Waals surface area contributed by atoms with Crippen LogP contribution in [0.1, 0.15) is 25.0 Å². The van der Waals surface area contributed by atoms with Crippen molar-refractivity contribution in [3.8, 4) is 0 Å². The number of nitrogens with one attached hydrogen (secondary N) is 2. The molecule has 6 heteroatoms. The van der Waals surface area contributed by atoms with Crippen molar-refractivity contribution in [3.63, 3.8) is 0 Å². The van der Waals surface area contributed by atoms with Crippen LogP contribution in [0.4, 0.5) is 11.8 Å². The second-order valence-electron chi connectivity index (χ2n) is 4.44. The van der Waals surface area contributed by atoms with Crippen molar-refractivity contribution in [1.82, 2.24) is 15.3 Å². The number of piperidine rings is 1. The van der Waals surface area contributed by atoms with Crippen LogP contribution in [0.3, 0.4) is 0 Å². The number of nitrogens with zero attached hydrogens (tertiary/aromatic N) is 3. The monoisotopic (exact) mass is 265 g/mol. The number of anilines is 2. The maximum absolute atomic E-state index is 5.06. The third kappa shape index (κ3) is 3.29. The summed E-state index contributed by atoms with van der Waals surface area (Å²) >= 11 is 5.06. The normalized spacial score (nSPS) is 15.3. The summed E-state index contributed by atoms with van der Waals surface area (Å²) in [5, 5.41) is 6.37. The Morgan fingerprint density at radius 2 is 2.00 bits per heavy atom. The van der Waals surface area contributed by atoms with Gasteiger partial charge >= 0.3 is 0 Å². The fourth-order valence-electron chi connectivity index (χ4n) is 2.06. The molecule has 0 aromatic carbocycles. The van der Waals surface area contributed by atoms with E-state index >= 15 is 0 Å². The topological polar surface area (TPSA) is 53.1 Å². The Morgan fingerprint density at radius 1 is 1.28 bits per heavy atom. The summed E-state index contributed by atoms with van der Waals surface area (Å²) in [6.45, 7) is 4.13. The molecule has 5 nitrogen and oxygen atoms in total. The highest BCUT2D eigenvalue weighted by atomic mass is 32.1. The van der Waals surface area contributed by atoms with Gasteiger partial charge in [-0.15, -0.1) is 0 Å². The van der Waals surface area contributed by atoms with Gasteiger partial charge in [0.15, 0.2) is 5.11 Å². The minimum atomic E-state index is 0.533. The van der Waals surface area contributed by atoms with Gasteiger partial charge in [0, 0.05) is 31.9 Å². The second kappa shape index (κ2) is 5.95. The molecule has 2 heterocycles. The highest BCUT2D eigenvalue weighted by Gasteiger charge is 2.13. The summed E-state index contributed by atoms with van der Waals surface area (Å²) in [5.74, 6) is 1.55. The Bertz CT molecular complexity index is 428. The first-order chi connectivity index (χ1) is 8.69. The van der Waals surface area contributed by atoms with Crippen LogP contribution in [0.5, 0.6) is 0 Å². The summed E-state index contributed by atoms with van der Waals surface area (Å²) in [5.41, 5.74) is 0.951. The van der Waals surface area contributed by atoms with Gasteiger partial charge in [-0.2, -0.15) is 4.98 Å². The lowest BCUT2D eigenvalue weighted by atomic mass is 10.1. The van der Waals surface area contributed by atoms with Crippen LogP contribution in [0, 0.1) is 6.92 Å². The predicted molar refractivity (Wildman–Crippen MR) is 78.1 cm³/mol. The lowest BCUT2D eigenvalue weighted by Crippen LogP contribution is -2.31. The van der Waals surface area contributed by atoms with E-state index in [0.29, 0.717) is 11.1 Å². The smallest absolute Gasteiger partial charge is 0.231 e. The molecule has 1 aliphatic heterocycles. The molecule has 0 bridgehead atoms. The minimum Gasteiger partial charge on any atom is -0.365 e. The number of aromatic nitrogens is 2. The number of hydrogen-bond donors (Lipinski definition) is 2. The van der Waals surface area contributed by atoms with Gasteiger partial charge in [-0.25, -0.2) is 4.98 Å². The maximum atomic E-state index is 5.06. The molecule has 0 unspecified atom stereocenters. The molecule has 98 valence electrons. The van der Waals surface area contributed by atoms with Gasteiger partial charge in [0.1, 0.15) is 5.82 Å². The van der Waals surface area contributed by atoms with Crippen molar-refractivity contribution >= 4 is 29.1 Å². The van der Waals surface area contributed by atoms with Crippen LogP contribution in [0.15, 0.2) is 6.07 Å². The van der Waals surface area contributed by atoms with Crippen molar-refractivity contribution in [2.24, 2.45) is 0 Å². The standard InChI is InChI=1S/C12H19N5S/c1-9-8-10(17-6-4-3-5-7-17)15-11(14-9)16-12(18)13-2/h8H,3-7H2,1-2H3,(H2,13,14,15,16,18). The molecule has 0 saturated carbocycles. The average molecular weight is 265 g/mol. The highest BCUT2D eigenvalue weighted by molar-refractivity contribution is 7.80.